The second-order valence-electron chi connectivity index (χ2n) is 8.70. The molecule has 2 fully saturated rings. The second kappa shape index (κ2) is 8.13. The van der Waals surface area contributed by atoms with Gasteiger partial charge in [0.25, 0.3) is 0 Å². The number of urea groups is 1. The summed E-state index contributed by atoms with van der Waals surface area (Å²) in [4.78, 5) is 16.9. The Morgan fingerprint density at radius 1 is 1.03 bits per heavy atom. The quantitative estimate of drug-likeness (QED) is 0.744. The van der Waals surface area contributed by atoms with Crippen LogP contribution in [0, 0.1) is 0 Å². The normalized spacial score (nSPS) is 27.5. The number of amides is 2. The lowest BCUT2D eigenvalue weighted by molar-refractivity contribution is 0.0658. The summed E-state index contributed by atoms with van der Waals surface area (Å²) in [6.45, 7) is 0.636. The summed E-state index contributed by atoms with van der Waals surface area (Å²) in [6, 6.07) is 17.8. The van der Waals surface area contributed by atoms with E-state index in [0.717, 1.165) is 36.9 Å². The van der Waals surface area contributed by atoms with Crippen LogP contribution >= 0.6 is 0 Å². The summed E-state index contributed by atoms with van der Waals surface area (Å²) < 4.78 is 21.8. The first kappa shape index (κ1) is 21.0. The first-order chi connectivity index (χ1) is 14.3. The van der Waals surface area contributed by atoms with E-state index in [0.29, 0.717) is 6.54 Å². The third-order valence-corrected chi connectivity index (χ3v) is 7.38. The number of benzene rings is 2. The lowest BCUT2D eigenvalue weighted by Gasteiger charge is -2.48. The van der Waals surface area contributed by atoms with Gasteiger partial charge in [0, 0.05) is 17.0 Å². The molecule has 0 bridgehead atoms. The summed E-state index contributed by atoms with van der Waals surface area (Å²) in [7, 11) is 4.28. The maximum Gasteiger partial charge on any atom is 0.322 e. The highest BCUT2D eigenvalue weighted by Crippen LogP contribution is 2.46. The van der Waals surface area contributed by atoms with Crippen molar-refractivity contribution >= 4 is 22.8 Å². The molecular weight excluding hydrogens is 398 g/mol. The highest BCUT2D eigenvalue weighted by molar-refractivity contribution is 7.78. The van der Waals surface area contributed by atoms with E-state index in [4.69, 9.17) is 0 Å². The van der Waals surface area contributed by atoms with Gasteiger partial charge in [0.2, 0.25) is 0 Å². The smallest absolute Gasteiger partial charge is 0.322 e. The van der Waals surface area contributed by atoms with E-state index in [1.54, 1.807) is 17.0 Å². The summed E-state index contributed by atoms with van der Waals surface area (Å²) in [5.41, 5.74) is 2.62. The molecule has 30 heavy (non-hydrogen) atoms. The Kier molecular flexibility index (Phi) is 5.70. The van der Waals surface area contributed by atoms with Crippen molar-refractivity contribution < 1.29 is 13.6 Å². The van der Waals surface area contributed by atoms with Crippen LogP contribution in [-0.2, 0) is 22.4 Å². The maximum absolute atomic E-state index is 12.8. The van der Waals surface area contributed by atoms with Gasteiger partial charge in [-0.25, -0.2) is 4.79 Å². The van der Waals surface area contributed by atoms with E-state index in [1.807, 2.05) is 18.2 Å². The Hall–Kier alpha value is -2.22. The standard InChI is InChI=1S/C23H29N3O3S/c1-25(2)23(19-6-4-3-5-7-19)14-12-22(13-15-23)17-26(21(27)24-22)20-10-8-18(9-11-20)16-30(28)29/h3-11H,12-17H2,1-2H3,(H,24,27)(H,28,29)/p-1. The Bertz CT molecular complexity index is 922. The Labute approximate surface area is 180 Å². The third-order valence-electron chi connectivity index (χ3n) is 6.81. The van der Waals surface area contributed by atoms with Gasteiger partial charge in [0.15, 0.2) is 0 Å². The zero-order valence-electron chi connectivity index (χ0n) is 17.5. The van der Waals surface area contributed by atoms with Gasteiger partial charge in [-0.2, -0.15) is 0 Å². The molecule has 1 spiro atoms. The largest absolute Gasteiger partial charge is 0.772 e. The van der Waals surface area contributed by atoms with Crippen LogP contribution in [0.3, 0.4) is 0 Å². The molecular formula is C23H28N3O3S-. The molecule has 2 aromatic rings. The van der Waals surface area contributed by atoms with E-state index >= 15 is 0 Å². The van der Waals surface area contributed by atoms with E-state index < -0.39 is 11.1 Å². The molecule has 1 N–H and O–H groups in total. The fourth-order valence-corrected chi connectivity index (χ4v) is 5.46. The number of hydrogen-bond donors (Lipinski definition) is 1. The minimum Gasteiger partial charge on any atom is -0.772 e. The van der Waals surface area contributed by atoms with Crippen molar-refractivity contribution in [1.82, 2.24) is 10.2 Å². The van der Waals surface area contributed by atoms with Crippen LogP contribution in [0.25, 0.3) is 0 Å². The van der Waals surface area contributed by atoms with Crippen molar-refractivity contribution in [2.45, 2.75) is 42.5 Å². The van der Waals surface area contributed by atoms with E-state index in [2.05, 4.69) is 48.6 Å². The molecule has 6 nitrogen and oxygen atoms in total. The van der Waals surface area contributed by atoms with Crippen LogP contribution in [0.2, 0.25) is 0 Å². The van der Waals surface area contributed by atoms with E-state index in [1.165, 1.54) is 5.56 Å². The van der Waals surface area contributed by atoms with Crippen molar-refractivity contribution in [3.63, 3.8) is 0 Å². The minimum absolute atomic E-state index is 0.0114. The van der Waals surface area contributed by atoms with Crippen molar-refractivity contribution in [3.05, 3.63) is 65.7 Å². The summed E-state index contributed by atoms with van der Waals surface area (Å²) in [5.74, 6) is -0.0114. The van der Waals surface area contributed by atoms with Crippen LogP contribution in [0.5, 0.6) is 0 Å². The van der Waals surface area contributed by atoms with Crippen molar-refractivity contribution in [3.8, 4) is 0 Å². The molecule has 1 unspecified atom stereocenters. The van der Waals surface area contributed by atoms with Crippen molar-refractivity contribution in [2.75, 3.05) is 25.5 Å². The van der Waals surface area contributed by atoms with Gasteiger partial charge in [0.1, 0.15) is 0 Å². The van der Waals surface area contributed by atoms with Gasteiger partial charge in [-0.05, 0) is 63.0 Å². The van der Waals surface area contributed by atoms with Crippen LogP contribution in [0.1, 0.15) is 36.8 Å². The van der Waals surface area contributed by atoms with Crippen molar-refractivity contribution in [2.24, 2.45) is 0 Å². The molecule has 1 saturated heterocycles. The van der Waals surface area contributed by atoms with Gasteiger partial charge < -0.3 is 9.87 Å². The van der Waals surface area contributed by atoms with Crippen LogP contribution < -0.4 is 10.2 Å². The monoisotopic (exact) mass is 426 g/mol. The fourth-order valence-electron chi connectivity index (χ4n) is 4.99. The maximum atomic E-state index is 12.8. The number of carbonyl (C=O) groups excluding carboxylic acids is 1. The van der Waals surface area contributed by atoms with E-state index in [9.17, 15) is 13.6 Å². The summed E-state index contributed by atoms with van der Waals surface area (Å²) >= 11 is -2.12. The Morgan fingerprint density at radius 2 is 1.67 bits per heavy atom. The molecule has 1 aliphatic heterocycles. The topological polar surface area (TPSA) is 75.7 Å². The molecule has 160 valence electrons. The van der Waals surface area contributed by atoms with E-state index in [-0.39, 0.29) is 22.9 Å². The molecule has 4 rings (SSSR count). The average Bonchev–Trinajstić information content (AvgIpc) is 3.05. The molecule has 1 aliphatic carbocycles. The predicted octanol–water partition coefficient (Wildman–Crippen LogP) is 3.37. The molecule has 0 aromatic heterocycles. The Morgan fingerprint density at radius 3 is 2.23 bits per heavy atom. The van der Waals surface area contributed by atoms with Gasteiger partial charge in [-0.15, -0.1) is 0 Å². The first-order valence-electron chi connectivity index (χ1n) is 10.3. The lowest BCUT2D eigenvalue weighted by Crippen LogP contribution is -2.54. The SMILES string of the molecule is CN(C)C1(c2ccccc2)CCC2(CC1)CN(c1ccc(CS(=O)[O-])cc1)C(=O)N2. The third kappa shape index (κ3) is 3.89. The molecule has 7 heteroatoms. The van der Waals surface area contributed by atoms with Crippen molar-refractivity contribution in [1.29, 1.82) is 0 Å². The molecule has 2 amide bonds. The number of nitrogens with one attached hydrogen (secondary N) is 1. The van der Waals surface area contributed by atoms with Crippen LogP contribution in [0.4, 0.5) is 10.5 Å². The Balaban J connectivity index is 1.50. The first-order valence-corrected chi connectivity index (χ1v) is 11.6. The molecule has 1 atom stereocenters. The zero-order chi connectivity index (χ0) is 21.4. The number of nitrogens with zero attached hydrogens (tertiary/aromatic N) is 2. The molecule has 2 aromatic carbocycles. The zero-order valence-corrected chi connectivity index (χ0v) is 18.3. The molecule has 0 radical (unpaired) electrons. The highest BCUT2D eigenvalue weighted by atomic mass is 32.2. The fraction of sp³-hybridized carbons (Fsp3) is 0.435. The molecule has 1 heterocycles. The summed E-state index contributed by atoms with van der Waals surface area (Å²) in [5, 5.41) is 3.26. The van der Waals surface area contributed by atoms with Crippen LogP contribution in [-0.4, -0.2) is 45.9 Å². The van der Waals surface area contributed by atoms with Gasteiger partial charge in [-0.1, -0.05) is 53.5 Å². The van der Waals surface area contributed by atoms with Crippen LogP contribution in [0.15, 0.2) is 54.6 Å². The molecule has 1 saturated carbocycles. The van der Waals surface area contributed by atoms with Gasteiger partial charge in [-0.3, -0.25) is 14.0 Å². The minimum atomic E-state index is -2.12. The average molecular weight is 427 g/mol. The van der Waals surface area contributed by atoms with Gasteiger partial charge in [0.05, 0.1) is 12.1 Å². The highest BCUT2D eigenvalue weighted by Gasteiger charge is 2.50. The second-order valence-corrected chi connectivity index (χ2v) is 9.60. The number of rotatable bonds is 5. The number of carbonyl (C=O) groups is 1. The summed E-state index contributed by atoms with van der Waals surface area (Å²) in [6.07, 6.45) is 3.78. The lowest BCUT2D eigenvalue weighted by atomic mass is 9.69. The number of anilines is 1. The van der Waals surface area contributed by atoms with Gasteiger partial charge >= 0.3 is 6.03 Å². The number of hydrogen-bond acceptors (Lipinski definition) is 4. The molecule has 2 aliphatic rings. The predicted molar refractivity (Wildman–Crippen MR) is 118 cm³/mol.